The van der Waals surface area contributed by atoms with Gasteiger partial charge in [0.15, 0.2) is 16.6 Å². The fourth-order valence-electron chi connectivity index (χ4n) is 4.38. The average molecular weight is 551 g/mol. The van der Waals surface area contributed by atoms with Gasteiger partial charge in [-0.2, -0.15) is 0 Å². The van der Waals surface area contributed by atoms with Gasteiger partial charge in [0.05, 0.1) is 37.1 Å². The van der Waals surface area contributed by atoms with Crippen molar-refractivity contribution in [1.82, 2.24) is 4.98 Å². The molecule has 2 aromatic carbocycles. The first-order chi connectivity index (χ1) is 18.7. The summed E-state index contributed by atoms with van der Waals surface area (Å²) in [5, 5.41) is 11.5. The molecule has 1 atom stereocenters. The Hall–Kier alpha value is -4.71. The molecule has 5 rings (SSSR count). The SMILES string of the molecule is COC(=O)c1ccc([C@@H]2/C(=C(\O)c3ccc4c(c3)OCCO4)C(=O)C(=O)N2c2nc(C)c(C(=O)OC)s2)cc1. The van der Waals surface area contributed by atoms with Gasteiger partial charge in [-0.15, -0.1) is 0 Å². The largest absolute Gasteiger partial charge is 0.507 e. The first-order valence-corrected chi connectivity index (χ1v) is 12.5. The van der Waals surface area contributed by atoms with Gasteiger partial charge in [0.2, 0.25) is 0 Å². The molecule has 0 unspecified atom stereocenters. The number of nitrogens with zero attached hydrogens (tertiary/aromatic N) is 2. The van der Waals surface area contributed by atoms with Gasteiger partial charge in [-0.1, -0.05) is 23.5 Å². The highest BCUT2D eigenvalue weighted by Crippen LogP contribution is 2.44. The van der Waals surface area contributed by atoms with Gasteiger partial charge in [0.25, 0.3) is 5.78 Å². The second-order valence-corrected chi connectivity index (χ2v) is 9.52. The molecule has 12 heteroatoms. The zero-order valence-corrected chi connectivity index (χ0v) is 21.9. The predicted octanol–water partition coefficient (Wildman–Crippen LogP) is 3.42. The second-order valence-electron chi connectivity index (χ2n) is 8.54. The van der Waals surface area contributed by atoms with E-state index in [1.165, 1.54) is 32.4 Å². The Morgan fingerprint density at radius 2 is 1.62 bits per heavy atom. The van der Waals surface area contributed by atoms with Crippen molar-refractivity contribution in [2.24, 2.45) is 0 Å². The number of benzene rings is 2. The van der Waals surface area contributed by atoms with Gasteiger partial charge >= 0.3 is 17.8 Å². The minimum Gasteiger partial charge on any atom is -0.507 e. The lowest BCUT2D eigenvalue weighted by atomic mass is 9.94. The predicted molar refractivity (Wildman–Crippen MR) is 138 cm³/mol. The summed E-state index contributed by atoms with van der Waals surface area (Å²) in [6, 6.07) is 9.63. The van der Waals surface area contributed by atoms with Gasteiger partial charge in [-0.25, -0.2) is 14.6 Å². The van der Waals surface area contributed by atoms with Crippen LogP contribution in [0.3, 0.4) is 0 Å². The number of methoxy groups -OCH3 is 2. The standard InChI is InChI=1S/C27H22N2O9S/c1-13-23(26(34)36-3)39-27(28-13)29-20(14-4-6-15(7-5-14)25(33)35-2)19(22(31)24(29)32)21(30)16-8-9-17-18(12-16)38-11-10-37-17/h4-9,12,20,30H,10-11H2,1-3H3/b21-19+/t20-/m1/s1. The third kappa shape index (κ3) is 4.48. The highest BCUT2D eigenvalue weighted by atomic mass is 32.1. The van der Waals surface area contributed by atoms with Crippen molar-refractivity contribution < 1.29 is 43.2 Å². The molecule has 2 aliphatic heterocycles. The quantitative estimate of drug-likeness (QED) is 0.217. The van der Waals surface area contributed by atoms with Crippen LogP contribution >= 0.6 is 11.3 Å². The van der Waals surface area contributed by atoms with E-state index in [0.29, 0.717) is 36.0 Å². The molecule has 0 saturated carbocycles. The normalized spacial score (nSPS) is 17.7. The van der Waals surface area contributed by atoms with Crippen LogP contribution in [0.5, 0.6) is 11.5 Å². The Morgan fingerprint density at radius 1 is 0.974 bits per heavy atom. The zero-order valence-electron chi connectivity index (χ0n) is 21.0. The summed E-state index contributed by atoms with van der Waals surface area (Å²) >= 11 is 0.886. The zero-order chi connectivity index (χ0) is 27.8. The number of anilines is 1. The molecule has 3 aromatic rings. The topological polar surface area (TPSA) is 142 Å². The van der Waals surface area contributed by atoms with Gasteiger partial charge in [0, 0.05) is 5.56 Å². The minimum atomic E-state index is -1.12. The average Bonchev–Trinajstić information content (AvgIpc) is 3.47. The molecule has 0 radical (unpaired) electrons. The molecule has 1 N–H and O–H groups in total. The number of thiazole rings is 1. The van der Waals surface area contributed by atoms with E-state index in [4.69, 9.17) is 18.9 Å². The van der Waals surface area contributed by atoms with Crippen molar-refractivity contribution in [3.63, 3.8) is 0 Å². The number of carbonyl (C=O) groups excluding carboxylic acids is 4. The van der Waals surface area contributed by atoms with Crippen molar-refractivity contribution >= 4 is 45.9 Å². The van der Waals surface area contributed by atoms with Crippen LogP contribution in [0, 0.1) is 6.92 Å². The van der Waals surface area contributed by atoms with Gasteiger partial charge in [0.1, 0.15) is 23.9 Å². The summed E-state index contributed by atoms with van der Waals surface area (Å²) in [7, 11) is 2.48. The first kappa shape index (κ1) is 25.9. The van der Waals surface area contributed by atoms with E-state index in [1.54, 1.807) is 31.2 Å². The number of ether oxygens (including phenoxy) is 4. The lowest BCUT2D eigenvalue weighted by Gasteiger charge is -2.23. The number of hydrogen-bond acceptors (Lipinski definition) is 11. The molecule has 39 heavy (non-hydrogen) atoms. The van der Waals surface area contributed by atoms with E-state index in [-0.39, 0.29) is 26.7 Å². The summed E-state index contributed by atoms with van der Waals surface area (Å²) in [6.45, 7) is 2.28. The smallest absolute Gasteiger partial charge is 0.350 e. The van der Waals surface area contributed by atoms with E-state index in [9.17, 15) is 24.3 Å². The molecule has 3 heterocycles. The molecule has 0 aliphatic carbocycles. The summed E-state index contributed by atoms with van der Waals surface area (Å²) in [5.74, 6) is -2.65. The Balaban J connectivity index is 1.68. The molecule has 1 aromatic heterocycles. The molecule has 1 amide bonds. The Bertz CT molecular complexity index is 1540. The highest BCUT2D eigenvalue weighted by Gasteiger charge is 2.48. The van der Waals surface area contributed by atoms with Crippen LogP contribution in [0.2, 0.25) is 0 Å². The molecule has 200 valence electrons. The fraction of sp³-hybridized carbons (Fsp3) is 0.222. The third-order valence-corrected chi connectivity index (χ3v) is 7.41. The lowest BCUT2D eigenvalue weighted by Crippen LogP contribution is -2.29. The number of Topliss-reactive ketones (excluding diaryl/α,β-unsaturated/α-hetero) is 1. The van der Waals surface area contributed by atoms with Crippen molar-refractivity contribution in [2.75, 3.05) is 32.3 Å². The van der Waals surface area contributed by atoms with E-state index < -0.39 is 35.4 Å². The molecular weight excluding hydrogens is 528 g/mol. The summed E-state index contributed by atoms with van der Waals surface area (Å²) < 4.78 is 20.7. The van der Waals surface area contributed by atoms with Crippen LogP contribution in [0.4, 0.5) is 5.13 Å². The van der Waals surface area contributed by atoms with Crippen LogP contribution < -0.4 is 14.4 Å². The maximum atomic E-state index is 13.4. The van der Waals surface area contributed by atoms with Crippen LogP contribution in [0.25, 0.3) is 5.76 Å². The minimum absolute atomic E-state index is 0.0678. The third-order valence-electron chi connectivity index (χ3n) is 6.27. The summed E-state index contributed by atoms with van der Waals surface area (Å²) in [5.41, 5.74) is 1.01. The number of aromatic nitrogens is 1. The fourth-order valence-corrected chi connectivity index (χ4v) is 5.39. The summed E-state index contributed by atoms with van der Waals surface area (Å²) in [4.78, 5) is 56.7. The molecule has 1 fully saturated rings. The van der Waals surface area contributed by atoms with E-state index in [0.717, 1.165) is 16.2 Å². The van der Waals surface area contributed by atoms with Crippen LogP contribution in [-0.2, 0) is 19.1 Å². The number of aryl methyl sites for hydroxylation is 1. The molecule has 2 aliphatic rings. The van der Waals surface area contributed by atoms with Gasteiger partial charge in [-0.3, -0.25) is 14.5 Å². The molecular formula is C27H22N2O9S. The maximum absolute atomic E-state index is 13.4. The number of aliphatic hydroxyl groups is 1. The number of hydrogen-bond donors (Lipinski definition) is 1. The van der Waals surface area contributed by atoms with Crippen molar-refractivity contribution in [1.29, 1.82) is 0 Å². The number of amides is 1. The number of rotatable bonds is 5. The van der Waals surface area contributed by atoms with Gasteiger partial charge < -0.3 is 24.1 Å². The van der Waals surface area contributed by atoms with Crippen molar-refractivity contribution in [3.8, 4) is 11.5 Å². The molecule has 11 nitrogen and oxygen atoms in total. The number of aliphatic hydroxyl groups excluding tert-OH is 1. The number of carbonyl (C=O) groups is 4. The number of esters is 2. The molecule has 0 bridgehead atoms. The first-order valence-electron chi connectivity index (χ1n) is 11.7. The molecule has 1 saturated heterocycles. The van der Waals surface area contributed by atoms with Crippen LogP contribution in [0.15, 0.2) is 48.0 Å². The van der Waals surface area contributed by atoms with E-state index in [2.05, 4.69) is 4.98 Å². The maximum Gasteiger partial charge on any atom is 0.350 e. The lowest BCUT2D eigenvalue weighted by molar-refractivity contribution is -0.132. The Labute approximate surface area is 226 Å². The Morgan fingerprint density at radius 3 is 2.28 bits per heavy atom. The highest BCUT2D eigenvalue weighted by molar-refractivity contribution is 7.17. The number of fused-ring (bicyclic) bond motifs is 1. The van der Waals surface area contributed by atoms with Gasteiger partial charge in [-0.05, 0) is 42.8 Å². The second kappa shape index (κ2) is 10.2. The monoisotopic (exact) mass is 550 g/mol. The summed E-state index contributed by atoms with van der Waals surface area (Å²) in [6.07, 6.45) is 0. The Kier molecular flexibility index (Phi) is 6.79. The van der Waals surface area contributed by atoms with E-state index in [1.807, 2.05) is 0 Å². The van der Waals surface area contributed by atoms with Crippen molar-refractivity contribution in [3.05, 3.63) is 75.3 Å². The van der Waals surface area contributed by atoms with Crippen molar-refractivity contribution in [2.45, 2.75) is 13.0 Å². The van der Waals surface area contributed by atoms with Crippen LogP contribution in [0.1, 0.15) is 42.9 Å². The van der Waals surface area contributed by atoms with Crippen LogP contribution in [-0.4, -0.2) is 61.2 Å². The number of ketones is 1. The molecule has 0 spiro atoms. The van der Waals surface area contributed by atoms with E-state index >= 15 is 0 Å².